The van der Waals surface area contributed by atoms with Crippen LogP contribution in [0.25, 0.3) is 15.8 Å². The van der Waals surface area contributed by atoms with Crippen molar-refractivity contribution in [3.63, 3.8) is 0 Å². The van der Waals surface area contributed by atoms with Crippen LogP contribution in [0.2, 0.25) is 0 Å². The molecule has 0 saturated carbocycles. The first-order valence-corrected chi connectivity index (χ1v) is 7.73. The van der Waals surface area contributed by atoms with Gasteiger partial charge in [0.05, 0.1) is 0 Å². The molecule has 0 unspecified atom stereocenters. The summed E-state index contributed by atoms with van der Waals surface area (Å²) < 4.78 is 4.99. The van der Waals surface area contributed by atoms with Crippen molar-refractivity contribution in [2.45, 2.75) is 20.8 Å². The Morgan fingerprint density at radius 1 is 1.06 bits per heavy atom. The summed E-state index contributed by atoms with van der Waals surface area (Å²) in [6.45, 7) is 6.46. The van der Waals surface area contributed by atoms with Gasteiger partial charge in [0, 0.05) is 0 Å². The number of rotatable bonds is 1. The summed E-state index contributed by atoms with van der Waals surface area (Å²) >= 11 is 0.349. The van der Waals surface area contributed by atoms with Crippen molar-refractivity contribution in [3.05, 3.63) is 52.2 Å². The molecule has 0 atom stereocenters. The molecule has 1 aromatic carbocycles. The van der Waals surface area contributed by atoms with Crippen molar-refractivity contribution < 1.29 is 4.40 Å². The minimum absolute atomic E-state index is 0.349. The maximum atomic E-state index is 4.69. The van der Waals surface area contributed by atoms with Gasteiger partial charge in [-0.15, -0.1) is 0 Å². The van der Waals surface area contributed by atoms with Crippen molar-refractivity contribution in [2.75, 3.05) is 0 Å². The van der Waals surface area contributed by atoms with Crippen molar-refractivity contribution in [1.82, 2.24) is 4.98 Å². The van der Waals surface area contributed by atoms with Crippen LogP contribution in [0.5, 0.6) is 0 Å². The third-order valence-corrected chi connectivity index (χ3v) is 5.09. The van der Waals surface area contributed by atoms with Gasteiger partial charge in [-0.1, -0.05) is 0 Å². The van der Waals surface area contributed by atoms with Gasteiger partial charge in [-0.3, -0.25) is 0 Å². The average molecular weight is 302 g/mol. The molecule has 3 aromatic rings. The summed E-state index contributed by atoms with van der Waals surface area (Å²) in [5, 5.41) is 0. The Kier molecular flexibility index (Phi) is 2.81. The molecule has 0 amide bonds. The standard InChI is InChI=1S/C15H15N2Se/c1-10-9-11(2)17-14(12(3)18-15(17)16-10)13-7-5-4-6-8-13/h4-9H,1-3H3/q+1. The van der Waals surface area contributed by atoms with Crippen LogP contribution in [0, 0.1) is 20.8 Å². The summed E-state index contributed by atoms with van der Waals surface area (Å²) in [4.78, 5) is 4.69. The summed E-state index contributed by atoms with van der Waals surface area (Å²) in [7, 11) is 0. The number of nitrogens with zero attached hydrogens (tertiary/aromatic N) is 2. The number of aryl methyl sites for hydroxylation is 3. The Hall–Kier alpha value is -1.44. The Labute approximate surface area is 113 Å². The number of aromatic nitrogens is 2. The quantitative estimate of drug-likeness (QED) is 0.498. The van der Waals surface area contributed by atoms with E-state index in [4.69, 9.17) is 0 Å². The molecule has 0 radical (unpaired) electrons. The van der Waals surface area contributed by atoms with Gasteiger partial charge in [0.2, 0.25) is 0 Å². The Bertz CT molecular complexity index is 714. The van der Waals surface area contributed by atoms with Gasteiger partial charge in [0.15, 0.2) is 0 Å². The molecule has 90 valence electrons. The molecule has 0 aliphatic carbocycles. The molecule has 3 heteroatoms. The normalized spacial score (nSPS) is 11.1. The van der Waals surface area contributed by atoms with Crippen LogP contribution in [0.4, 0.5) is 0 Å². The van der Waals surface area contributed by atoms with E-state index >= 15 is 0 Å². The third kappa shape index (κ3) is 1.80. The molecule has 2 nitrogen and oxygen atoms in total. The Balaban J connectivity index is 2.40. The second-order valence-electron chi connectivity index (χ2n) is 4.53. The van der Waals surface area contributed by atoms with E-state index in [1.54, 1.807) is 0 Å². The van der Waals surface area contributed by atoms with Gasteiger partial charge in [-0.25, -0.2) is 0 Å². The zero-order valence-electron chi connectivity index (χ0n) is 10.8. The fourth-order valence-electron chi connectivity index (χ4n) is 2.36. The molecule has 0 N–H and O–H groups in total. The van der Waals surface area contributed by atoms with E-state index in [0.717, 1.165) is 5.69 Å². The summed E-state index contributed by atoms with van der Waals surface area (Å²) in [5.74, 6) is 0. The van der Waals surface area contributed by atoms with E-state index in [2.05, 4.69) is 66.6 Å². The Morgan fingerprint density at radius 2 is 1.78 bits per heavy atom. The van der Waals surface area contributed by atoms with Crippen LogP contribution in [-0.2, 0) is 0 Å². The molecule has 0 spiro atoms. The van der Waals surface area contributed by atoms with Gasteiger partial charge in [0.25, 0.3) is 0 Å². The molecule has 18 heavy (non-hydrogen) atoms. The topological polar surface area (TPSA) is 17.0 Å². The molecule has 0 aliphatic heterocycles. The monoisotopic (exact) mass is 303 g/mol. The molecule has 0 saturated heterocycles. The zero-order valence-corrected chi connectivity index (χ0v) is 12.5. The van der Waals surface area contributed by atoms with Gasteiger partial charge in [-0.2, -0.15) is 0 Å². The van der Waals surface area contributed by atoms with Gasteiger partial charge in [0.1, 0.15) is 0 Å². The van der Waals surface area contributed by atoms with Crippen molar-refractivity contribution in [1.29, 1.82) is 0 Å². The van der Waals surface area contributed by atoms with E-state index in [1.807, 2.05) is 0 Å². The maximum absolute atomic E-state index is 4.69. The van der Waals surface area contributed by atoms with Crippen molar-refractivity contribution in [2.24, 2.45) is 0 Å². The van der Waals surface area contributed by atoms with Crippen LogP contribution in [0.1, 0.15) is 15.8 Å². The fraction of sp³-hybridized carbons (Fsp3) is 0.200. The number of hydrogen-bond donors (Lipinski definition) is 0. The molecule has 0 bridgehead atoms. The molecular weight excluding hydrogens is 287 g/mol. The van der Waals surface area contributed by atoms with Crippen molar-refractivity contribution in [3.8, 4) is 11.3 Å². The fourth-order valence-corrected chi connectivity index (χ4v) is 4.66. The number of hydrogen-bond acceptors (Lipinski definition) is 1. The van der Waals surface area contributed by atoms with Crippen LogP contribution in [0.15, 0.2) is 36.4 Å². The zero-order chi connectivity index (χ0) is 12.7. The second kappa shape index (κ2) is 4.34. The molecule has 0 fully saturated rings. The Morgan fingerprint density at radius 3 is 2.50 bits per heavy atom. The van der Waals surface area contributed by atoms with Crippen molar-refractivity contribution >= 4 is 19.0 Å². The predicted molar refractivity (Wildman–Crippen MR) is 74.0 cm³/mol. The van der Waals surface area contributed by atoms with E-state index in [1.165, 1.54) is 25.9 Å². The minimum atomic E-state index is 0.349. The molecule has 2 heterocycles. The van der Waals surface area contributed by atoms with E-state index in [9.17, 15) is 0 Å². The number of fused-ring (bicyclic) bond motifs is 1. The van der Waals surface area contributed by atoms with Gasteiger partial charge in [-0.05, 0) is 0 Å². The summed E-state index contributed by atoms with van der Waals surface area (Å²) in [6, 6.07) is 12.8. The van der Waals surface area contributed by atoms with E-state index < -0.39 is 0 Å². The molecule has 3 rings (SSSR count). The second-order valence-corrected chi connectivity index (χ2v) is 7.01. The van der Waals surface area contributed by atoms with E-state index in [-0.39, 0.29) is 0 Å². The summed E-state index contributed by atoms with van der Waals surface area (Å²) in [5.41, 5.74) is 5.00. The van der Waals surface area contributed by atoms with Crippen LogP contribution in [0.3, 0.4) is 0 Å². The van der Waals surface area contributed by atoms with Crippen LogP contribution >= 0.6 is 0 Å². The SMILES string of the molecule is Cc1cc(C)[n+]2c(-c3ccccc3)c(C)[se]c2n1. The molecule has 2 aromatic heterocycles. The number of benzene rings is 1. The molecular formula is C15H15N2Se+. The first kappa shape index (κ1) is 11.6. The first-order chi connectivity index (χ1) is 8.66. The van der Waals surface area contributed by atoms with Crippen LogP contribution in [-0.4, -0.2) is 19.5 Å². The predicted octanol–water partition coefficient (Wildman–Crippen LogP) is 2.47. The van der Waals surface area contributed by atoms with Gasteiger partial charge >= 0.3 is 113 Å². The third-order valence-electron chi connectivity index (χ3n) is 3.08. The molecule has 0 aliphatic rings. The first-order valence-electron chi connectivity index (χ1n) is 6.01. The summed E-state index contributed by atoms with van der Waals surface area (Å²) in [6.07, 6.45) is 0. The van der Waals surface area contributed by atoms with E-state index in [0.29, 0.717) is 14.5 Å². The van der Waals surface area contributed by atoms with Crippen LogP contribution < -0.4 is 4.40 Å². The average Bonchev–Trinajstić information content (AvgIpc) is 2.66. The van der Waals surface area contributed by atoms with Gasteiger partial charge < -0.3 is 0 Å².